The van der Waals surface area contributed by atoms with Crippen LogP contribution in [0.3, 0.4) is 0 Å². The number of carbonyl (C=O) groups excluding carboxylic acids is 1. The summed E-state index contributed by atoms with van der Waals surface area (Å²) in [5, 5.41) is 6.57. The Balaban J connectivity index is 0.00000280. The molecule has 2 atom stereocenters. The minimum absolute atomic E-state index is 0. The molecule has 6 nitrogen and oxygen atoms in total. The van der Waals surface area contributed by atoms with E-state index in [4.69, 9.17) is 0 Å². The fourth-order valence-electron chi connectivity index (χ4n) is 4.41. The fourth-order valence-corrected chi connectivity index (χ4v) is 4.41. The minimum atomic E-state index is -4.16. The third-order valence-corrected chi connectivity index (χ3v) is 5.78. The third kappa shape index (κ3) is 6.64. The molecule has 2 heterocycles. The van der Waals surface area contributed by atoms with Crippen LogP contribution in [0, 0.1) is 5.92 Å². The van der Waals surface area contributed by atoms with Crippen LogP contribution in [0.4, 0.5) is 13.2 Å². The van der Waals surface area contributed by atoms with Crippen LogP contribution >= 0.6 is 24.0 Å². The molecule has 2 N–H and O–H groups in total. The highest BCUT2D eigenvalue weighted by Crippen LogP contribution is 2.28. The highest BCUT2D eigenvalue weighted by Gasteiger charge is 2.35. The average Bonchev–Trinajstić information content (AvgIpc) is 3.34. The van der Waals surface area contributed by atoms with Gasteiger partial charge < -0.3 is 15.5 Å². The molecule has 0 aromatic carbocycles. The van der Waals surface area contributed by atoms with E-state index in [9.17, 15) is 18.0 Å². The first-order valence-electron chi connectivity index (χ1n) is 9.92. The Kier molecular flexibility index (Phi) is 8.65. The van der Waals surface area contributed by atoms with Crippen LogP contribution in [0.1, 0.15) is 38.5 Å². The molecule has 1 amide bonds. The summed E-state index contributed by atoms with van der Waals surface area (Å²) in [6.07, 6.45) is 1.68. The highest BCUT2D eigenvalue weighted by atomic mass is 127. The number of rotatable bonds is 4. The van der Waals surface area contributed by atoms with Gasteiger partial charge in [0, 0.05) is 51.2 Å². The fraction of sp³-hybridized carbons (Fsp3) is 0.889. The Labute approximate surface area is 181 Å². The summed E-state index contributed by atoms with van der Waals surface area (Å²) in [4.78, 5) is 20.1. The Hall–Kier alpha value is -0.780. The van der Waals surface area contributed by atoms with Crippen molar-refractivity contribution in [3.8, 4) is 0 Å². The number of carbonyl (C=O) groups is 1. The molecular formula is C18H31F3IN5O. The molecule has 2 unspecified atom stereocenters. The molecule has 1 saturated carbocycles. The quantitative estimate of drug-likeness (QED) is 0.341. The number of nitrogens with zero attached hydrogens (tertiary/aromatic N) is 3. The molecule has 162 valence electrons. The van der Waals surface area contributed by atoms with Gasteiger partial charge in [0.1, 0.15) is 0 Å². The number of amides is 1. The maximum absolute atomic E-state index is 12.5. The number of guanidine groups is 1. The molecule has 3 aliphatic rings. The third-order valence-electron chi connectivity index (χ3n) is 5.78. The lowest BCUT2D eigenvalue weighted by Gasteiger charge is -2.23. The van der Waals surface area contributed by atoms with Crippen molar-refractivity contribution in [2.45, 2.75) is 56.8 Å². The molecule has 10 heteroatoms. The van der Waals surface area contributed by atoms with E-state index in [1.165, 1.54) is 4.90 Å². The second-order valence-electron chi connectivity index (χ2n) is 7.95. The van der Waals surface area contributed by atoms with Crippen molar-refractivity contribution in [1.29, 1.82) is 0 Å². The summed E-state index contributed by atoms with van der Waals surface area (Å²) >= 11 is 0. The molecule has 1 aliphatic carbocycles. The molecule has 2 saturated heterocycles. The van der Waals surface area contributed by atoms with Crippen LogP contribution in [0.2, 0.25) is 0 Å². The summed E-state index contributed by atoms with van der Waals surface area (Å²) in [7, 11) is 1.66. The van der Waals surface area contributed by atoms with E-state index >= 15 is 0 Å². The van der Waals surface area contributed by atoms with E-state index in [0.717, 1.165) is 38.6 Å². The number of alkyl halides is 3. The van der Waals surface area contributed by atoms with Gasteiger partial charge in [0.2, 0.25) is 5.91 Å². The lowest BCUT2D eigenvalue weighted by molar-refractivity contribution is -0.143. The number of hydrogen-bond acceptors (Lipinski definition) is 3. The zero-order valence-corrected chi connectivity index (χ0v) is 18.6. The first-order valence-corrected chi connectivity index (χ1v) is 9.92. The summed E-state index contributed by atoms with van der Waals surface area (Å²) in [5.74, 6) is 1.08. The van der Waals surface area contributed by atoms with Crippen LogP contribution < -0.4 is 10.6 Å². The molecule has 3 rings (SSSR count). The number of halogens is 4. The molecule has 3 fully saturated rings. The standard InChI is InChI=1S/C18H30F3N5O.HI/c1-22-17(23-14-6-8-25(10-14)12-18(19,20)21)24-15-7-9-26(11-15)16(27)13-4-2-3-5-13;/h13-15H,2-12H2,1H3,(H2,22,23,24);1H. The highest BCUT2D eigenvalue weighted by molar-refractivity contribution is 14.0. The zero-order chi connectivity index (χ0) is 19.4. The second kappa shape index (κ2) is 10.3. The molecular weight excluding hydrogens is 486 g/mol. The van der Waals surface area contributed by atoms with Crippen LogP contribution in [-0.2, 0) is 4.79 Å². The SMILES string of the molecule is CN=C(NC1CCN(CC(F)(F)F)C1)NC1CCN(C(=O)C2CCCC2)C1.I. The Bertz CT molecular complexity index is 554. The van der Waals surface area contributed by atoms with E-state index in [2.05, 4.69) is 15.6 Å². The van der Waals surface area contributed by atoms with Gasteiger partial charge in [-0.3, -0.25) is 14.7 Å². The summed E-state index contributed by atoms with van der Waals surface area (Å²) in [6.45, 7) is 1.35. The minimum Gasteiger partial charge on any atom is -0.352 e. The van der Waals surface area contributed by atoms with E-state index in [1.807, 2.05) is 4.90 Å². The number of aliphatic imine (C=N–C) groups is 1. The summed E-state index contributed by atoms with van der Waals surface area (Å²) < 4.78 is 37.6. The van der Waals surface area contributed by atoms with E-state index < -0.39 is 12.7 Å². The molecule has 2 aliphatic heterocycles. The Morgan fingerprint density at radius 2 is 1.64 bits per heavy atom. The van der Waals surface area contributed by atoms with E-state index in [-0.39, 0.29) is 47.9 Å². The predicted octanol–water partition coefficient (Wildman–Crippen LogP) is 2.20. The van der Waals surface area contributed by atoms with Crippen molar-refractivity contribution in [2.75, 3.05) is 39.8 Å². The van der Waals surface area contributed by atoms with Gasteiger partial charge in [-0.1, -0.05) is 12.8 Å². The Morgan fingerprint density at radius 3 is 2.25 bits per heavy atom. The van der Waals surface area contributed by atoms with Crippen LogP contribution in [0.5, 0.6) is 0 Å². The smallest absolute Gasteiger partial charge is 0.352 e. The van der Waals surface area contributed by atoms with E-state index in [1.54, 1.807) is 7.05 Å². The normalized spacial score (nSPS) is 27.1. The number of likely N-dealkylation sites (tertiary alicyclic amines) is 2. The summed E-state index contributed by atoms with van der Waals surface area (Å²) in [6, 6.07) is 0.0883. The van der Waals surface area contributed by atoms with Gasteiger partial charge in [-0.05, 0) is 25.7 Å². The van der Waals surface area contributed by atoms with Gasteiger partial charge in [0.05, 0.1) is 6.54 Å². The van der Waals surface area contributed by atoms with Crippen LogP contribution in [-0.4, -0.2) is 79.7 Å². The monoisotopic (exact) mass is 517 g/mol. The maximum atomic E-state index is 12.5. The molecule has 0 aromatic rings. The molecule has 0 spiro atoms. The first kappa shape index (κ1) is 23.5. The van der Waals surface area contributed by atoms with Gasteiger partial charge in [-0.2, -0.15) is 13.2 Å². The van der Waals surface area contributed by atoms with Gasteiger partial charge in [-0.15, -0.1) is 24.0 Å². The van der Waals surface area contributed by atoms with E-state index in [0.29, 0.717) is 32.0 Å². The van der Waals surface area contributed by atoms with Crippen molar-refractivity contribution in [2.24, 2.45) is 10.9 Å². The molecule has 0 bridgehead atoms. The van der Waals surface area contributed by atoms with Crippen molar-refractivity contribution >= 4 is 35.8 Å². The first-order chi connectivity index (χ1) is 12.8. The van der Waals surface area contributed by atoms with Crippen molar-refractivity contribution in [3.05, 3.63) is 0 Å². The molecule has 0 aromatic heterocycles. The molecule has 28 heavy (non-hydrogen) atoms. The van der Waals surface area contributed by atoms with Gasteiger partial charge in [-0.25, -0.2) is 0 Å². The largest absolute Gasteiger partial charge is 0.401 e. The van der Waals surface area contributed by atoms with Gasteiger partial charge in [0.15, 0.2) is 5.96 Å². The summed E-state index contributed by atoms with van der Waals surface area (Å²) in [5.41, 5.74) is 0. The van der Waals surface area contributed by atoms with Crippen molar-refractivity contribution in [3.63, 3.8) is 0 Å². The van der Waals surface area contributed by atoms with Crippen LogP contribution in [0.25, 0.3) is 0 Å². The van der Waals surface area contributed by atoms with Crippen molar-refractivity contribution in [1.82, 2.24) is 20.4 Å². The Morgan fingerprint density at radius 1 is 1.04 bits per heavy atom. The molecule has 0 radical (unpaired) electrons. The lowest BCUT2D eigenvalue weighted by Crippen LogP contribution is -2.49. The topological polar surface area (TPSA) is 60.0 Å². The average molecular weight is 517 g/mol. The lowest BCUT2D eigenvalue weighted by atomic mass is 10.1. The maximum Gasteiger partial charge on any atom is 0.401 e. The van der Waals surface area contributed by atoms with Gasteiger partial charge in [0.25, 0.3) is 0 Å². The van der Waals surface area contributed by atoms with Gasteiger partial charge >= 0.3 is 6.18 Å². The second-order valence-corrected chi connectivity index (χ2v) is 7.95. The zero-order valence-electron chi connectivity index (χ0n) is 16.3. The van der Waals surface area contributed by atoms with Crippen molar-refractivity contribution < 1.29 is 18.0 Å². The predicted molar refractivity (Wildman–Crippen MR) is 113 cm³/mol. The number of hydrogen-bond donors (Lipinski definition) is 2. The number of nitrogens with one attached hydrogen (secondary N) is 2. The van der Waals surface area contributed by atoms with Crippen LogP contribution in [0.15, 0.2) is 4.99 Å².